The van der Waals surface area contributed by atoms with E-state index in [4.69, 9.17) is 14.2 Å². The molecule has 5 nitrogen and oxygen atoms in total. The third kappa shape index (κ3) is 1.88. The van der Waals surface area contributed by atoms with Gasteiger partial charge < -0.3 is 24.4 Å². The minimum atomic E-state index is -1.35. The number of alkyl halides is 1. The fourth-order valence-electron chi connectivity index (χ4n) is 1.92. The molecule has 5 atom stereocenters. The van der Waals surface area contributed by atoms with Gasteiger partial charge in [0.25, 0.3) is 0 Å². The van der Waals surface area contributed by atoms with Crippen molar-refractivity contribution in [2.24, 2.45) is 0 Å². The number of rotatable bonds is 2. The van der Waals surface area contributed by atoms with Gasteiger partial charge in [-0.2, -0.15) is 0 Å². The lowest BCUT2D eigenvalue weighted by Gasteiger charge is -2.24. The van der Waals surface area contributed by atoms with Crippen LogP contribution in [0.25, 0.3) is 0 Å². The van der Waals surface area contributed by atoms with Crippen molar-refractivity contribution in [1.29, 1.82) is 0 Å². The number of aliphatic hydroxyl groups excluding tert-OH is 2. The topological polar surface area (TPSA) is 68.2 Å². The first kappa shape index (κ1) is 11.2. The Labute approximate surface area is 86.7 Å². The number of ether oxygens (including phenoxy) is 3. The van der Waals surface area contributed by atoms with Crippen LogP contribution in [-0.2, 0) is 14.2 Å². The van der Waals surface area contributed by atoms with Gasteiger partial charge in [-0.3, -0.25) is 0 Å². The third-order valence-electron chi connectivity index (χ3n) is 2.59. The van der Waals surface area contributed by atoms with Crippen LogP contribution in [0.4, 0.5) is 4.39 Å². The fraction of sp³-hybridized carbons (Fsp3) is 1.00. The van der Waals surface area contributed by atoms with Crippen molar-refractivity contribution < 1.29 is 28.8 Å². The molecule has 2 fully saturated rings. The Morgan fingerprint density at radius 2 is 2.07 bits per heavy atom. The summed E-state index contributed by atoms with van der Waals surface area (Å²) in [4.78, 5) is 0. The zero-order chi connectivity index (χ0) is 11.2. The van der Waals surface area contributed by atoms with E-state index >= 15 is 0 Å². The number of hydrogen-bond acceptors (Lipinski definition) is 5. The van der Waals surface area contributed by atoms with Gasteiger partial charge >= 0.3 is 0 Å². The quantitative estimate of drug-likeness (QED) is 0.662. The molecule has 2 aliphatic heterocycles. The van der Waals surface area contributed by atoms with Crippen LogP contribution in [-0.4, -0.2) is 53.4 Å². The van der Waals surface area contributed by atoms with Crippen molar-refractivity contribution in [2.45, 2.75) is 50.3 Å². The molecule has 0 radical (unpaired) electrons. The monoisotopic (exact) mass is 222 g/mol. The standard InChI is InChI=1S/C9H15FO5/c1-9(2)14-7-5(12)6(4(11)3-10)13-8(7)15-9/h4-8,11-12H,3H2,1-2H3/t4-,5+,6-,7+,8-/m1/s1. The van der Waals surface area contributed by atoms with Crippen molar-refractivity contribution in [1.82, 2.24) is 0 Å². The van der Waals surface area contributed by atoms with Crippen LogP contribution in [0.15, 0.2) is 0 Å². The summed E-state index contributed by atoms with van der Waals surface area (Å²) in [5.41, 5.74) is 0. The van der Waals surface area contributed by atoms with E-state index in [1.807, 2.05) is 0 Å². The molecule has 2 heterocycles. The first-order chi connectivity index (χ1) is 6.94. The normalized spacial score (nSPS) is 45.4. The Morgan fingerprint density at radius 1 is 1.40 bits per heavy atom. The lowest BCUT2D eigenvalue weighted by Crippen LogP contribution is -2.41. The second-order valence-corrected chi connectivity index (χ2v) is 4.28. The van der Waals surface area contributed by atoms with Crippen LogP contribution in [0.1, 0.15) is 13.8 Å². The molecule has 6 heteroatoms. The second kappa shape index (κ2) is 3.64. The molecule has 2 saturated heterocycles. The molecule has 2 rings (SSSR count). The highest BCUT2D eigenvalue weighted by Gasteiger charge is 2.55. The van der Waals surface area contributed by atoms with Crippen LogP contribution in [0.5, 0.6) is 0 Å². The maximum Gasteiger partial charge on any atom is 0.190 e. The Bertz CT molecular complexity index is 247. The average molecular weight is 222 g/mol. The lowest BCUT2D eigenvalue weighted by molar-refractivity contribution is -0.226. The number of fused-ring (bicyclic) bond motifs is 1. The SMILES string of the molecule is CC1(C)O[C@H]2O[C@H]([C@H](O)CF)[C@H](O)[C@@H]2O1. The fourth-order valence-corrected chi connectivity index (χ4v) is 1.92. The molecule has 2 aliphatic rings. The van der Waals surface area contributed by atoms with Crippen molar-refractivity contribution >= 4 is 0 Å². The molecule has 0 aromatic carbocycles. The van der Waals surface area contributed by atoms with E-state index in [-0.39, 0.29) is 0 Å². The van der Waals surface area contributed by atoms with Crippen molar-refractivity contribution in [3.63, 3.8) is 0 Å². The van der Waals surface area contributed by atoms with Gasteiger partial charge in [0, 0.05) is 0 Å². The maximum atomic E-state index is 12.2. The summed E-state index contributed by atoms with van der Waals surface area (Å²) >= 11 is 0. The van der Waals surface area contributed by atoms with Gasteiger partial charge in [-0.1, -0.05) is 0 Å². The molecule has 0 aliphatic carbocycles. The molecular weight excluding hydrogens is 207 g/mol. The van der Waals surface area contributed by atoms with Gasteiger partial charge in [0.15, 0.2) is 12.1 Å². The van der Waals surface area contributed by atoms with Gasteiger partial charge in [0.2, 0.25) is 0 Å². The molecule has 0 aromatic heterocycles. The molecule has 0 saturated carbocycles. The molecule has 88 valence electrons. The summed E-state index contributed by atoms with van der Waals surface area (Å²) < 4.78 is 28.1. The molecule has 0 bridgehead atoms. The minimum absolute atomic E-state index is 0.661. The highest BCUT2D eigenvalue weighted by atomic mass is 19.1. The summed E-state index contributed by atoms with van der Waals surface area (Å²) in [5.74, 6) is -0.818. The molecule has 0 aromatic rings. The van der Waals surface area contributed by atoms with Gasteiger partial charge in [0.05, 0.1) is 0 Å². The average Bonchev–Trinajstić information content (AvgIpc) is 2.60. The lowest BCUT2D eigenvalue weighted by atomic mass is 10.1. The molecule has 0 amide bonds. The zero-order valence-electron chi connectivity index (χ0n) is 8.59. The van der Waals surface area contributed by atoms with Gasteiger partial charge in [-0.25, -0.2) is 4.39 Å². The highest BCUT2D eigenvalue weighted by Crippen LogP contribution is 2.38. The van der Waals surface area contributed by atoms with Crippen molar-refractivity contribution in [3.05, 3.63) is 0 Å². The zero-order valence-corrected chi connectivity index (χ0v) is 8.59. The van der Waals surface area contributed by atoms with E-state index in [2.05, 4.69) is 0 Å². The van der Waals surface area contributed by atoms with Crippen LogP contribution >= 0.6 is 0 Å². The summed E-state index contributed by atoms with van der Waals surface area (Å²) in [7, 11) is 0. The molecular formula is C9H15FO5. The predicted octanol–water partition coefficient (Wildman–Crippen LogP) is -0.446. The van der Waals surface area contributed by atoms with E-state index in [9.17, 15) is 14.6 Å². The first-order valence-corrected chi connectivity index (χ1v) is 4.88. The minimum Gasteiger partial charge on any atom is -0.388 e. The van der Waals surface area contributed by atoms with Crippen LogP contribution in [0.2, 0.25) is 0 Å². The Hall–Kier alpha value is -0.270. The van der Waals surface area contributed by atoms with E-state index in [1.54, 1.807) is 13.8 Å². The number of halogens is 1. The predicted molar refractivity (Wildman–Crippen MR) is 46.7 cm³/mol. The van der Waals surface area contributed by atoms with E-state index < -0.39 is 43.2 Å². The van der Waals surface area contributed by atoms with Gasteiger partial charge in [-0.05, 0) is 13.8 Å². The number of aliphatic hydroxyl groups is 2. The Balaban J connectivity index is 2.05. The summed E-state index contributed by atoms with van der Waals surface area (Å²) in [6, 6.07) is 0. The van der Waals surface area contributed by atoms with Gasteiger partial charge in [-0.15, -0.1) is 0 Å². The second-order valence-electron chi connectivity index (χ2n) is 4.28. The Kier molecular flexibility index (Phi) is 2.72. The first-order valence-electron chi connectivity index (χ1n) is 4.88. The molecule has 0 spiro atoms. The summed E-state index contributed by atoms with van der Waals surface area (Å²) in [5, 5.41) is 19.0. The molecule has 2 N–H and O–H groups in total. The number of hydrogen-bond donors (Lipinski definition) is 2. The van der Waals surface area contributed by atoms with E-state index in [0.717, 1.165) is 0 Å². The van der Waals surface area contributed by atoms with Gasteiger partial charge in [0.1, 0.15) is 31.1 Å². The van der Waals surface area contributed by atoms with Crippen LogP contribution in [0.3, 0.4) is 0 Å². The van der Waals surface area contributed by atoms with Crippen LogP contribution < -0.4 is 0 Å². The third-order valence-corrected chi connectivity index (χ3v) is 2.59. The highest BCUT2D eigenvalue weighted by molar-refractivity contribution is 4.95. The molecule has 15 heavy (non-hydrogen) atoms. The smallest absolute Gasteiger partial charge is 0.190 e. The largest absolute Gasteiger partial charge is 0.388 e. The van der Waals surface area contributed by atoms with Crippen molar-refractivity contribution in [2.75, 3.05) is 6.67 Å². The summed E-state index contributed by atoms with van der Waals surface area (Å²) in [6.07, 6.45) is -4.79. The van der Waals surface area contributed by atoms with E-state index in [1.165, 1.54) is 0 Å². The van der Waals surface area contributed by atoms with Crippen molar-refractivity contribution in [3.8, 4) is 0 Å². The maximum absolute atomic E-state index is 12.2. The van der Waals surface area contributed by atoms with E-state index in [0.29, 0.717) is 0 Å². The summed E-state index contributed by atoms with van der Waals surface area (Å²) in [6.45, 7) is 2.43. The molecule has 0 unspecified atom stereocenters. The Morgan fingerprint density at radius 3 is 2.60 bits per heavy atom. The van der Waals surface area contributed by atoms with Crippen LogP contribution in [0, 0.1) is 0 Å².